The Hall–Kier alpha value is -8.60. The molecule has 1 spiro atoms. The van der Waals surface area contributed by atoms with E-state index in [0.717, 1.165) is 44.9 Å². The maximum absolute atomic E-state index is 14.6. The highest BCUT2D eigenvalue weighted by Crippen LogP contribution is 2.50. The second-order valence-electron chi connectivity index (χ2n) is 31.2. The van der Waals surface area contributed by atoms with Gasteiger partial charge in [0.15, 0.2) is 11.7 Å². The van der Waals surface area contributed by atoms with E-state index in [1.165, 1.54) is 174 Å². The summed E-state index contributed by atoms with van der Waals surface area (Å²) >= 11 is 0. The smallest absolute Gasteiger partial charge is 0.462 e. The number of ether oxygens (including phenoxy) is 7. The fourth-order valence-electron chi connectivity index (χ4n) is 14.4. The van der Waals surface area contributed by atoms with Gasteiger partial charge in [-0.1, -0.05) is 229 Å². The minimum atomic E-state index is -4.98. The molecular weight excluding hydrogens is 1550 g/mol. The highest BCUT2D eigenvalue weighted by molar-refractivity contribution is 7.47. The van der Waals surface area contributed by atoms with Gasteiger partial charge in [0.2, 0.25) is 11.6 Å². The van der Waals surface area contributed by atoms with E-state index in [2.05, 4.69) is 24.2 Å². The van der Waals surface area contributed by atoms with Crippen molar-refractivity contribution in [3.05, 3.63) is 148 Å². The predicted octanol–water partition coefficient (Wildman–Crippen LogP) is 19.3. The molecule has 2 aliphatic rings. The van der Waals surface area contributed by atoms with Crippen LogP contribution in [0.3, 0.4) is 0 Å². The molecule has 30 heteroatoms. The Balaban J connectivity index is 0.907. The third-order valence-corrected chi connectivity index (χ3v) is 25.5. The number of carbonyl (C=O) groups is 7. The van der Waals surface area contributed by atoms with Gasteiger partial charge in [-0.15, -0.1) is 5.10 Å². The van der Waals surface area contributed by atoms with E-state index >= 15 is 0 Å². The average molecular weight is 1660 g/mol. The molecule has 0 bridgehead atoms. The standard InChI is InChI=1S/C86H111F6N4O18PSi/c1-7-9-11-13-15-17-19-21-23-25-27-29-31-33-79(99)106-60-70(109-80(100)34-32-30-28-26-24-22-20-18-16-14-12-10-8-2)61-108-115(104,105)107-54-53-96(3,4)59-64-58-95(94-93-64)65-41-48-72-71(55-65)81(101)114-84(72)73-49-46-68(112-82(102)110-66-42-35-62(36-43-66)39-51-77(97)85(87,88)89)56-75(73)116(5,6)76-57-69(47-50-74(76)84)113-83(103)111-67-44-37-63(38-45-67)40-52-78(98)86(90,91)92/h35-38,41-50,55-58,70H,7-34,39-40,51-54,59-61H2,1-6H3/p+1. The summed E-state index contributed by atoms with van der Waals surface area (Å²) < 4.78 is 143. The van der Waals surface area contributed by atoms with Gasteiger partial charge in [0.25, 0.3) is 0 Å². The van der Waals surface area contributed by atoms with Crippen LogP contribution in [0.15, 0.2) is 109 Å². The molecule has 8 rings (SSSR count). The zero-order valence-corrected chi connectivity index (χ0v) is 69.4. The molecule has 0 saturated heterocycles. The molecule has 0 amide bonds. The topological polar surface area (TPSA) is 271 Å². The number of ketones is 2. The van der Waals surface area contributed by atoms with Gasteiger partial charge in [0, 0.05) is 42.4 Å². The fourth-order valence-corrected chi connectivity index (χ4v) is 18.3. The molecule has 0 fully saturated rings. The summed E-state index contributed by atoms with van der Waals surface area (Å²) in [4.78, 5) is 102. The number of hydrogen-bond donors (Lipinski definition) is 1. The van der Waals surface area contributed by atoms with E-state index in [4.69, 9.17) is 42.2 Å². The number of rotatable bonds is 51. The van der Waals surface area contributed by atoms with Gasteiger partial charge in [-0.3, -0.25) is 28.2 Å². The lowest BCUT2D eigenvalue weighted by molar-refractivity contribution is -0.904. The number of benzene rings is 5. The summed E-state index contributed by atoms with van der Waals surface area (Å²) in [6.07, 6.45) is 16.4. The number of unbranched alkanes of at least 4 members (excludes halogenated alkanes) is 24. The predicted molar refractivity (Wildman–Crippen MR) is 425 cm³/mol. The summed E-state index contributed by atoms with van der Waals surface area (Å²) in [5.74, 6) is -5.51. The number of hydrogen-bond acceptors (Lipinski definition) is 19. The van der Waals surface area contributed by atoms with Crippen LogP contribution in [0.2, 0.25) is 13.1 Å². The molecule has 3 heterocycles. The Morgan fingerprint density at radius 1 is 0.534 bits per heavy atom. The van der Waals surface area contributed by atoms with Crippen molar-refractivity contribution in [1.29, 1.82) is 0 Å². The quantitative estimate of drug-likeness (QED) is 0.00543. The molecule has 2 atom stereocenters. The summed E-state index contributed by atoms with van der Waals surface area (Å²) in [5.41, 5.74) is 1.52. The van der Waals surface area contributed by atoms with E-state index < -0.39 is 101 Å². The SMILES string of the molecule is CCCCCCCCCCCCCCCC(=O)OCC(COP(=O)(O)OCC[N+](C)(C)Cc1cn(-c2ccc3c(c2)C(=O)OC32c3ccc(OC(=O)Oc4ccc(CCC(=O)C(F)(F)F)cc4)cc3[Si](C)(C)c3cc(OC(=O)Oc4ccc(CCC(=O)C(F)(F)F)cc4)ccc32)nn1)OC(=O)CCCCCCCCCCCCCCC. The van der Waals surface area contributed by atoms with E-state index in [1.54, 1.807) is 48.7 Å². The lowest BCUT2D eigenvalue weighted by atomic mass is 9.79. The van der Waals surface area contributed by atoms with Gasteiger partial charge < -0.3 is 42.5 Å². The van der Waals surface area contributed by atoms with E-state index in [1.807, 2.05) is 27.2 Å². The highest BCUT2D eigenvalue weighted by Gasteiger charge is 2.56. The van der Waals surface area contributed by atoms with Crippen LogP contribution in [0.5, 0.6) is 23.0 Å². The number of phosphoric ester groups is 1. The van der Waals surface area contributed by atoms with Crippen LogP contribution < -0.4 is 29.3 Å². The first-order valence-electron chi connectivity index (χ1n) is 40.8. The van der Waals surface area contributed by atoms with Crippen molar-refractivity contribution in [2.24, 2.45) is 0 Å². The van der Waals surface area contributed by atoms with Crippen molar-refractivity contribution in [2.75, 3.05) is 40.5 Å². The Kier molecular flexibility index (Phi) is 35.9. The fraction of sp³-hybridized carbons (Fsp3) is 0.547. The molecule has 116 heavy (non-hydrogen) atoms. The lowest BCUT2D eigenvalue weighted by Gasteiger charge is -2.43. The van der Waals surface area contributed by atoms with Crippen LogP contribution >= 0.6 is 7.82 Å². The molecule has 1 aromatic heterocycles. The zero-order chi connectivity index (χ0) is 83.9. The highest BCUT2D eigenvalue weighted by atomic mass is 31.2. The molecule has 0 aliphatic carbocycles. The van der Waals surface area contributed by atoms with Gasteiger partial charge in [0.05, 0.1) is 38.1 Å². The summed E-state index contributed by atoms with van der Waals surface area (Å²) in [6, 6.07) is 25.5. The van der Waals surface area contributed by atoms with Crippen LogP contribution in [-0.2, 0) is 72.0 Å². The van der Waals surface area contributed by atoms with Crippen LogP contribution in [0.25, 0.3) is 5.69 Å². The van der Waals surface area contributed by atoms with Gasteiger partial charge in [-0.2, -0.15) is 26.3 Å². The second-order valence-corrected chi connectivity index (χ2v) is 37.0. The number of nitrogens with zero attached hydrogens (tertiary/aromatic N) is 4. The number of fused-ring (bicyclic) bond motifs is 6. The maximum Gasteiger partial charge on any atom is 0.519 e. The molecule has 2 aliphatic heterocycles. The molecule has 0 radical (unpaired) electrons. The largest absolute Gasteiger partial charge is 0.519 e. The number of halogens is 6. The monoisotopic (exact) mass is 1660 g/mol. The van der Waals surface area contributed by atoms with Crippen molar-refractivity contribution in [3.8, 4) is 28.7 Å². The van der Waals surface area contributed by atoms with Gasteiger partial charge >= 0.3 is 50.4 Å². The number of quaternary nitrogens is 1. The second kappa shape index (κ2) is 44.8. The molecule has 5 aromatic carbocycles. The van der Waals surface area contributed by atoms with Crippen LogP contribution in [-0.4, -0.2) is 133 Å². The Morgan fingerprint density at radius 3 is 1.40 bits per heavy atom. The number of alkyl halides is 6. The van der Waals surface area contributed by atoms with Gasteiger partial charge in [0.1, 0.15) is 63.1 Å². The first-order chi connectivity index (χ1) is 55.3. The van der Waals surface area contributed by atoms with Crippen molar-refractivity contribution in [2.45, 2.75) is 263 Å². The number of esters is 3. The van der Waals surface area contributed by atoms with Crippen molar-refractivity contribution < 1.29 is 116 Å². The molecular formula is C86H112F6N4O18PSi+. The number of Topliss-reactive ketones (excluding diaryl/α,β-unsaturated/α-hetero) is 2. The molecule has 6 aromatic rings. The van der Waals surface area contributed by atoms with Crippen LogP contribution in [0, 0.1) is 0 Å². The van der Waals surface area contributed by atoms with Crippen LogP contribution in [0.1, 0.15) is 250 Å². The van der Waals surface area contributed by atoms with E-state index in [-0.39, 0.29) is 85.0 Å². The Labute approximate surface area is 676 Å². The number of phosphoric acid groups is 1. The summed E-state index contributed by atoms with van der Waals surface area (Å²) in [6.45, 7) is 7.58. The zero-order valence-electron chi connectivity index (χ0n) is 67.5. The summed E-state index contributed by atoms with van der Waals surface area (Å²) in [5, 5.41) is 10.0. The first kappa shape index (κ1) is 92.9. The van der Waals surface area contributed by atoms with E-state index in [0.29, 0.717) is 62.4 Å². The van der Waals surface area contributed by atoms with Gasteiger partial charge in [-0.05, 0) is 108 Å². The molecule has 22 nitrogen and oxygen atoms in total. The lowest BCUT2D eigenvalue weighted by Crippen LogP contribution is -2.63. The summed E-state index contributed by atoms with van der Waals surface area (Å²) in [7, 11) is -4.21. The molecule has 2 unspecified atom stereocenters. The van der Waals surface area contributed by atoms with Crippen molar-refractivity contribution >= 4 is 68.1 Å². The Bertz CT molecular complexity index is 4120. The molecule has 634 valence electrons. The van der Waals surface area contributed by atoms with E-state index in [9.17, 15) is 69.4 Å². The number of aryl methyl sites for hydroxylation is 2. The van der Waals surface area contributed by atoms with Crippen LogP contribution in [0.4, 0.5) is 35.9 Å². The number of aromatic nitrogens is 3. The van der Waals surface area contributed by atoms with Gasteiger partial charge in [-0.25, -0.2) is 23.6 Å². The first-order valence-corrected chi connectivity index (χ1v) is 45.3. The molecule has 0 saturated carbocycles. The third kappa shape index (κ3) is 29.2. The molecule has 1 N–H and O–H groups in total. The maximum atomic E-state index is 14.6. The normalized spacial score (nSPS) is 14.2. The Morgan fingerprint density at radius 2 is 0.948 bits per heavy atom. The number of carbonyl (C=O) groups excluding carboxylic acids is 7. The van der Waals surface area contributed by atoms with Crippen molar-refractivity contribution in [3.63, 3.8) is 0 Å². The van der Waals surface area contributed by atoms with Crippen molar-refractivity contribution in [1.82, 2.24) is 15.0 Å². The number of likely N-dealkylation sites (N-methyl/N-ethyl adjacent to an activating group) is 1. The minimum Gasteiger partial charge on any atom is -0.462 e. The third-order valence-electron chi connectivity index (χ3n) is 21.0. The minimum absolute atomic E-state index is 0.00395. The average Bonchev–Trinajstić information content (AvgIpc) is 1.25.